The van der Waals surface area contributed by atoms with Gasteiger partial charge in [-0.25, -0.2) is 4.79 Å². The van der Waals surface area contributed by atoms with Crippen molar-refractivity contribution in [2.45, 2.75) is 12.6 Å². The molecule has 0 saturated heterocycles. The van der Waals surface area contributed by atoms with Crippen molar-refractivity contribution in [2.24, 2.45) is 0 Å². The minimum atomic E-state index is -4.54. The smallest absolute Gasteiger partial charge is 0.422 e. The number of hydrogen-bond acceptors (Lipinski definition) is 3. The first kappa shape index (κ1) is 14.3. The van der Waals surface area contributed by atoms with Crippen molar-refractivity contribution in [1.82, 2.24) is 0 Å². The van der Waals surface area contributed by atoms with Crippen molar-refractivity contribution >= 4 is 11.8 Å². The third-order valence-electron chi connectivity index (χ3n) is 1.97. The number of aliphatic hydroxyl groups is 1. The lowest BCUT2D eigenvalue weighted by Crippen LogP contribution is -2.23. The summed E-state index contributed by atoms with van der Waals surface area (Å²) < 4.78 is 39.3. The molecule has 0 aliphatic rings. The molecule has 0 bridgehead atoms. The Bertz CT molecular complexity index is 390. The molecule has 0 saturated carbocycles. The summed E-state index contributed by atoms with van der Waals surface area (Å²) in [6.07, 6.45) is -5.23. The van der Waals surface area contributed by atoms with Crippen LogP contribution < -0.4 is 5.32 Å². The molecule has 1 rings (SSSR count). The summed E-state index contributed by atoms with van der Waals surface area (Å²) in [7, 11) is 0. The van der Waals surface area contributed by atoms with Crippen molar-refractivity contribution in [1.29, 1.82) is 0 Å². The van der Waals surface area contributed by atoms with E-state index in [2.05, 4.69) is 10.1 Å². The van der Waals surface area contributed by atoms with E-state index >= 15 is 0 Å². The van der Waals surface area contributed by atoms with E-state index in [0.29, 0.717) is 12.1 Å². The zero-order chi connectivity index (χ0) is 13.6. The van der Waals surface area contributed by atoms with Crippen LogP contribution in [0.4, 0.5) is 23.7 Å². The number of anilines is 1. The summed E-state index contributed by atoms with van der Waals surface area (Å²) in [5, 5.41) is 10.8. The van der Waals surface area contributed by atoms with Gasteiger partial charge in [0.1, 0.15) is 0 Å². The molecule has 100 valence electrons. The highest BCUT2D eigenvalue weighted by molar-refractivity contribution is 5.84. The van der Waals surface area contributed by atoms with E-state index in [1.165, 1.54) is 12.1 Å². The number of carbonyl (C=O) groups excluding carboxylic acids is 1. The second kappa shape index (κ2) is 6.25. The van der Waals surface area contributed by atoms with Gasteiger partial charge in [-0.1, -0.05) is 12.1 Å². The minimum Gasteiger partial charge on any atom is -0.440 e. The van der Waals surface area contributed by atoms with Crippen molar-refractivity contribution in [3.8, 4) is 0 Å². The van der Waals surface area contributed by atoms with Crippen LogP contribution in [0.1, 0.15) is 5.56 Å². The largest absolute Gasteiger partial charge is 0.440 e. The number of rotatable bonds is 4. The number of aliphatic hydroxyl groups excluding tert-OH is 1. The van der Waals surface area contributed by atoms with Gasteiger partial charge in [-0.05, 0) is 24.1 Å². The molecule has 1 amide bonds. The maximum Gasteiger partial charge on any atom is 0.422 e. The summed E-state index contributed by atoms with van der Waals surface area (Å²) in [5.41, 5.74) is 1.18. The Morgan fingerprint density at radius 2 is 1.89 bits per heavy atom. The summed E-state index contributed by atoms with van der Waals surface area (Å²) in [5.74, 6) is 0. The van der Waals surface area contributed by atoms with Crippen LogP contribution in [0.25, 0.3) is 0 Å². The number of halogens is 3. The van der Waals surface area contributed by atoms with Crippen molar-refractivity contribution in [3.63, 3.8) is 0 Å². The first-order valence-corrected chi connectivity index (χ1v) is 5.11. The monoisotopic (exact) mass is 263 g/mol. The number of amides is 1. The second-order valence-electron chi connectivity index (χ2n) is 3.49. The standard InChI is InChI=1S/C11H12F3NO3/c12-11(13,14)7-18-10(17)15-9-3-1-8(2-4-9)5-6-16/h1-4,16H,5-7H2,(H,15,17). The molecular formula is C11H12F3NO3. The topological polar surface area (TPSA) is 58.6 Å². The van der Waals surface area contributed by atoms with Crippen molar-refractivity contribution in [2.75, 3.05) is 18.5 Å². The Balaban J connectivity index is 2.44. The van der Waals surface area contributed by atoms with Gasteiger partial charge in [0.2, 0.25) is 0 Å². The van der Waals surface area contributed by atoms with Crippen LogP contribution in [0, 0.1) is 0 Å². The molecule has 0 heterocycles. The van der Waals surface area contributed by atoms with Crippen LogP contribution in [-0.4, -0.2) is 30.6 Å². The molecule has 0 aliphatic heterocycles. The Morgan fingerprint density at radius 1 is 1.28 bits per heavy atom. The highest BCUT2D eigenvalue weighted by Gasteiger charge is 2.29. The zero-order valence-electron chi connectivity index (χ0n) is 9.33. The maximum absolute atomic E-state index is 11.8. The number of alkyl halides is 3. The molecule has 0 radical (unpaired) electrons. The Morgan fingerprint density at radius 3 is 2.39 bits per heavy atom. The fourth-order valence-corrected chi connectivity index (χ4v) is 1.19. The van der Waals surface area contributed by atoms with E-state index in [9.17, 15) is 18.0 Å². The maximum atomic E-state index is 11.8. The van der Waals surface area contributed by atoms with Gasteiger partial charge in [0, 0.05) is 12.3 Å². The van der Waals surface area contributed by atoms with Gasteiger partial charge < -0.3 is 9.84 Å². The summed E-state index contributed by atoms with van der Waals surface area (Å²) in [6.45, 7) is -1.62. The van der Waals surface area contributed by atoms with Crippen LogP contribution in [0.3, 0.4) is 0 Å². The van der Waals surface area contributed by atoms with Crippen LogP contribution in [0.15, 0.2) is 24.3 Å². The molecule has 1 aromatic rings. The molecule has 2 N–H and O–H groups in total. The average molecular weight is 263 g/mol. The minimum absolute atomic E-state index is 0.000396. The van der Waals surface area contributed by atoms with E-state index in [1.54, 1.807) is 12.1 Å². The molecule has 0 spiro atoms. The van der Waals surface area contributed by atoms with E-state index in [4.69, 9.17) is 5.11 Å². The fourth-order valence-electron chi connectivity index (χ4n) is 1.19. The number of carbonyl (C=O) groups is 1. The molecular weight excluding hydrogens is 251 g/mol. The second-order valence-corrected chi connectivity index (χ2v) is 3.49. The van der Waals surface area contributed by atoms with Gasteiger partial charge in [0.25, 0.3) is 0 Å². The molecule has 7 heteroatoms. The van der Waals surface area contributed by atoms with Gasteiger partial charge in [0.15, 0.2) is 6.61 Å². The Labute approximate surface area is 101 Å². The van der Waals surface area contributed by atoms with E-state index in [0.717, 1.165) is 5.56 Å². The highest BCUT2D eigenvalue weighted by atomic mass is 19.4. The van der Waals surface area contributed by atoms with Gasteiger partial charge >= 0.3 is 12.3 Å². The molecule has 0 aromatic heterocycles. The molecule has 0 unspecified atom stereocenters. The van der Waals surface area contributed by atoms with Crippen molar-refractivity contribution < 1.29 is 27.8 Å². The van der Waals surface area contributed by atoms with Gasteiger partial charge in [-0.2, -0.15) is 13.2 Å². The third-order valence-corrected chi connectivity index (χ3v) is 1.97. The van der Waals surface area contributed by atoms with Crippen LogP contribution in [0.5, 0.6) is 0 Å². The summed E-state index contributed by atoms with van der Waals surface area (Å²) in [4.78, 5) is 11.0. The lowest BCUT2D eigenvalue weighted by atomic mass is 10.1. The lowest BCUT2D eigenvalue weighted by Gasteiger charge is -2.09. The van der Waals surface area contributed by atoms with Gasteiger partial charge in [0.05, 0.1) is 0 Å². The average Bonchev–Trinajstić information content (AvgIpc) is 2.29. The quantitative estimate of drug-likeness (QED) is 0.876. The molecule has 0 fully saturated rings. The zero-order valence-corrected chi connectivity index (χ0v) is 9.33. The Hall–Kier alpha value is -1.76. The van der Waals surface area contributed by atoms with Crippen LogP contribution >= 0.6 is 0 Å². The predicted octanol–water partition coefficient (Wildman–Crippen LogP) is 2.33. The number of ether oxygens (including phenoxy) is 1. The molecule has 18 heavy (non-hydrogen) atoms. The number of benzene rings is 1. The summed E-state index contributed by atoms with van der Waals surface area (Å²) in [6, 6.07) is 6.32. The Kier molecular flexibility index (Phi) is 4.96. The van der Waals surface area contributed by atoms with E-state index in [1.807, 2.05) is 0 Å². The van der Waals surface area contributed by atoms with Crippen molar-refractivity contribution in [3.05, 3.63) is 29.8 Å². The molecule has 0 atom stereocenters. The van der Waals surface area contributed by atoms with Gasteiger partial charge in [-0.3, -0.25) is 5.32 Å². The molecule has 4 nitrogen and oxygen atoms in total. The normalized spacial score (nSPS) is 11.1. The van der Waals surface area contributed by atoms with Crippen LogP contribution in [-0.2, 0) is 11.2 Å². The fraction of sp³-hybridized carbons (Fsp3) is 0.364. The summed E-state index contributed by atoms with van der Waals surface area (Å²) >= 11 is 0. The molecule has 1 aromatic carbocycles. The third kappa shape index (κ3) is 5.53. The number of hydrogen-bond donors (Lipinski definition) is 2. The predicted molar refractivity (Wildman–Crippen MR) is 58.3 cm³/mol. The van der Waals surface area contributed by atoms with Gasteiger partial charge in [-0.15, -0.1) is 0 Å². The highest BCUT2D eigenvalue weighted by Crippen LogP contribution is 2.15. The lowest BCUT2D eigenvalue weighted by molar-refractivity contribution is -0.159. The SMILES string of the molecule is O=C(Nc1ccc(CCO)cc1)OCC(F)(F)F. The molecule has 0 aliphatic carbocycles. The van der Waals surface area contributed by atoms with E-state index < -0.39 is 18.9 Å². The van der Waals surface area contributed by atoms with E-state index in [-0.39, 0.29) is 6.61 Å². The van der Waals surface area contributed by atoms with Crippen LogP contribution in [0.2, 0.25) is 0 Å². The number of nitrogens with one attached hydrogen (secondary N) is 1. The first-order chi connectivity index (χ1) is 8.40. The first-order valence-electron chi connectivity index (χ1n) is 5.11.